The van der Waals surface area contributed by atoms with E-state index < -0.39 is 0 Å². The van der Waals surface area contributed by atoms with Crippen LogP contribution in [0.1, 0.15) is 29.2 Å². The van der Waals surface area contributed by atoms with Crippen LogP contribution in [0.2, 0.25) is 0 Å². The van der Waals surface area contributed by atoms with Gasteiger partial charge in [-0.05, 0) is 48.6 Å². The molecule has 0 bridgehead atoms. The third-order valence-electron chi connectivity index (χ3n) is 3.98. The van der Waals surface area contributed by atoms with Crippen molar-refractivity contribution in [3.63, 3.8) is 0 Å². The summed E-state index contributed by atoms with van der Waals surface area (Å²) < 4.78 is 5.22. The predicted molar refractivity (Wildman–Crippen MR) is 96.8 cm³/mol. The molecular formula is C21H24O3. The van der Waals surface area contributed by atoms with Gasteiger partial charge in [0.2, 0.25) is 0 Å². The Morgan fingerprint density at radius 1 is 1.12 bits per heavy atom. The number of carbonyl (C=O) groups is 1. The predicted octanol–water partition coefficient (Wildman–Crippen LogP) is 4.12. The maximum absolute atomic E-state index is 11.5. The van der Waals surface area contributed by atoms with Gasteiger partial charge in [0.15, 0.2) is 0 Å². The van der Waals surface area contributed by atoms with Crippen LogP contribution in [0.25, 0.3) is 11.1 Å². The monoisotopic (exact) mass is 324 g/mol. The number of esters is 1. The highest BCUT2D eigenvalue weighted by molar-refractivity contribution is 5.86. The van der Waals surface area contributed by atoms with Gasteiger partial charge in [0.1, 0.15) is 0 Å². The number of aryl methyl sites for hydroxylation is 2. The highest BCUT2D eigenvalue weighted by atomic mass is 16.5. The van der Waals surface area contributed by atoms with Crippen LogP contribution in [0, 0.1) is 13.8 Å². The van der Waals surface area contributed by atoms with E-state index in [9.17, 15) is 9.90 Å². The highest BCUT2D eigenvalue weighted by Crippen LogP contribution is 2.29. The fourth-order valence-electron chi connectivity index (χ4n) is 2.71. The van der Waals surface area contributed by atoms with Crippen molar-refractivity contribution in [3.05, 3.63) is 70.8 Å². The minimum Gasteiger partial charge on any atom is -0.462 e. The second kappa shape index (κ2) is 7.93. The Balaban J connectivity index is 2.30. The Morgan fingerprint density at radius 3 is 2.46 bits per heavy atom. The van der Waals surface area contributed by atoms with E-state index in [1.165, 1.54) is 11.1 Å². The number of carbonyl (C=O) groups excluding carboxylic acids is 1. The lowest BCUT2D eigenvalue weighted by atomic mass is 9.92. The molecule has 2 aromatic carbocycles. The summed E-state index contributed by atoms with van der Waals surface area (Å²) in [6.07, 6.45) is 0.593. The maximum atomic E-state index is 11.5. The van der Waals surface area contributed by atoms with Gasteiger partial charge < -0.3 is 9.84 Å². The molecule has 0 saturated heterocycles. The molecule has 0 spiro atoms. The normalized spacial score (nSPS) is 10.5. The van der Waals surface area contributed by atoms with Crippen molar-refractivity contribution in [2.45, 2.75) is 33.8 Å². The third-order valence-corrected chi connectivity index (χ3v) is 3.98. The van der Waals surface area contributed by atoms with Gasteiger partial charge >= 0.3 is 5.97 Å². The van der Waals surface area contributed by atoms with E-state index in [2.05, 4.69) is 38.6 Å². The molecule has 0 aromatic heterocycles. The standard InChI is InChI=1S/C21H24O3/c1-14(2)21(23)24-10-9-18-12-17(13-22)6-8-20(18)19-7-5-15(3)11-16(19)4/h5-8,11-12,22H,1,9-10,13H2,2-4H3. The summed E-state index contributed by atoms with van der Waals surface area (Å²) in [5.74, 6) is -0.374. The molecule has 126 valence electrons. The quantitative estimate of drug-likeness (QED) is 0.642. The van der Waals surface area contributed by atoms with Crippen LogP contribution in [0.4, 0.5) is 0 Å². The molecule has 3 heteroatoms. The lowest BCUT2D eigenvalue weighted by molar-refractivity contribution is -0.138. The van der Waals surface area contributed by atoms with Crippen molar-refractivity contribution in [2.75, 3.05) is 6.61 Å². The van der Waals surface area contributed by atoms with Gasteiger partial charge in [-0.2, -0.15) is 0 Å². The number of hydrogen-bond donors (Lipinski definition) is 1. The highest BCUT2D eigenvalue weighted by Gasteiger charge is 2.10. The zero-order valence-electron chi connectivity index (χ0n) is 14.6. The van der Waals surface area contributed by atoms with Gasteiger partial charge in [-0.3, -0.25) is 0 Å². The van der Waals surface area contributed by atoms with Crippen LogP contribution in [0.15, 0.2) is 48.6 Å². The summed E-state index contributed by atoms with van der Waals surface area (Å²) in [4.78, 5) is 11.5. The minimum absolute atomic E-state index is 0.00822. The first kappa shape index (κ1) is 18.0. The molecule has 1 N–H and O–H groups in total. The molecule has 2 aromatic rings. The third kappa shape index (κ3) is 4.33. The summed E-state index contributed by atoms with van der Waals surface area (Å²) in [5, 5.41) is 9.40. The Hall–Kier alpha value is -2.39. The molecule has 0 fully saturated rings. The summed E-state index contributed by atoms with van der Waals surface area (Å²) in [7, 11) is 0. The molecule has 0 aliphatic carbocycles. The first-order valence-corrected chi connectivity index (χ1v) is 8.05. The smallest absolute Gasteiger partial charge is 0.333 e. The summed E-state index contributed by atoms with van der Waals surface area (Å²) in [5.41, 5.74) is 7.00. The van der Waals surface area contributed by atoms with Crippen molar-refractivity contribution in [3.8, 4) is 11.1 Å². The van der Waals surface area contributed by atoms with E-state index >= 15 is 0 Å². The Bertz CT molecular complexity index is 760. The molecule has 0 saturated carbocycles. The van der Waals surface area contributed by atoms with Crippen LogP contribution in [0.3, 0.4) is 0 Å². The van der Waals surface area contributed by atoms with Crippen molar-refractivity contribution in [2.24, 2.45) is 0 Å². The Labute approximate surface area is 143 Å². The van der Waals surface area contributed by atoms with Gasteiger partial charge in [0.05, 0.1) is 13.2 Å². The van der Waals surface area contributed by atoms with E-state index in [0.717, 1.165) is 22.3 Å². The lowest BCUT2D eigenvalue weighted by Crippen LogP contribution is -2.09. The molecule has 0 heterocycles. The molecule has 2 rings (SSSR count). The number of rotatable bonds is 6. The van der Waals surface area contributed by atoms with Crippen molar-refractivity contribution in [1.82, 2.24) is 0 Å². The second-order valence-corrected chi connectivity index (χ2v) is 6.13. The summed E-state index contributed by atoms with van der Waals surface area (Å²) >= 11 is 0. The SMILES string of the molecule is C=C(C)C(=O)OCCc1cc(CO)ccc1-c1ccc(C)cc1C. The molecular weight excluding hydrogens is 300 g/mol. The minimum atomic E-state index is -0.374. The molecule has 3 nitrogen and oxygen atoms in total. The van der Waals surface area contributed by atoms with Gasteiger partial charge in [-0.15, -0.1) is 0 Å². The summed E-state index contributed by atoms with van der Waals surface area (Å²) in [6, 6.07) is 12.3. The van der Waals surface area contributed by atoms with Crippen molar-refractivity contribution < 1.29 is 14.6 Å². The largest absolute Gasteiger partial charge is 0.462 e. The fraction of sp³-hybridized carbons (Fsp3) is 0.286. The molecule has 0 radical (unpaired) electrons. The van der Waals surface area contributed by atoms with Crippen LogP contribution < -0.4 is 0 Å². The van der Waals surface area contributed by atoms with Gasteiger partial charge in [-0.25, -0.2) is 4.79 Å². The van der Waals surface area contributed by atoms with Crippen LogP contribution >= 0.6 is 0 Å². The average molecular weight is 324 g/mol. The van der Waals surface area contributed by atoms with Gasteiger partial charge in [0.25, 0.3) is 0 Å². The zero-order valence-corrected chi connectivity index (χ0v) is 14.6. The van der Waals surface area contributed by atoms with Crippen LogP contribution in [0.5, 0.6) is 0 Å². The number of ether oxygens (including phenoxy) is 1. The van der Waals surface area contributed by atoms with Gasteiger partial charge in [0, 0.05) is 12.0 Å². The number of hydrogen-bond acceptors (Lipinski definition) is 3. The maximum Gasteiger partial charge on any atom is 0.333 e. The Morgan fingerprint density at radius 2 is 1.83 bits per heavy atom. The lowest BCUT2D eigenvalue weighted by Gasteiger charge is -2.14. The zero-order chi connectivity index (χ0) is 17.7. The second-order valence-electron chi connectivity index (χ2n) is 6.13. The molecule has 0 aliphatic heterocycles. The first-order valence-electron chi connectivity index (χ1n) is 8.05. The van der Waals surface area contributed by atoms with E-state index in [-0.39, 0.29) is 12.6 Å². The van der Waals surface area contributed by atoms with E-state index in [0.29, 0.717) is 18.6 Å². The Kier molecular flexibility index (Phi) is 5.93. The number of benzene rings is 2. The molecule has 0 amide bonds. The van der Waals surface area contributed by atoms with E-state index in [1.54, 1.807) is 6.92 Å². The van der Waals surface area contributed by atoms with E-state index in [1.807, 2.05) is 18.2 Å². The number of aliphatic hydroxyl groups is 1. The molecule has 0 atom stereocenters. The van der Waals surface area contributed by atoms with E-state index in [4.69, 9.17) is 4.74 Å². The van der Waals surface area contributed by atoms with Crippen molar-refractivity contribution >= 4 is 5.97 Å². The molecule has 24 heavy (non-hydrogen) atoms. The average Bonchev–Trinajstić information content (AvgIpc) is 2.55. The van der Waals surface area contributed by atoms with Crippen molar-refractivity contribution in [1.29, 1.82) is 0 Å². The van der Waals surface area contributed by atoms with Crippen LogP contribution in [-0.4, -0.2) is 17.7 Å². The topological polar surface area (TPSA) is 46.5 Å². The van der Waals surface area contributed by atoms with Crippen LogP contribution in [-0.2, 0) is 22.6 Å². The molecule has 0 aliphatic rings. The number of aliphatic hydroxyl groups excluding tert-OH is 1. The fourth-order valence-corrected chi connectivity index (χ4v) is 2.71. The molecule has 0 unspecified atom stereocenters. The van der Waals surface area contributed by atoms with Gasteiger partial charge in [-0.1, -0.05) is 48.5 Å². The summed E-state index contributed by atoms with van der Waals surface area (Å²) in [6.45, 7) is 9.67. The first-order chi connectivity index (χ1) is 11.4.